The van der Waals surface area contributed by atoms with Crippen molar-refractivity contribution < 1.29 is 14.3 Å². The van der Waals surface area contributed by atoms with Crippen LogP contribution in [0.2, 0.25) is 0 Å². The molecule has 2 amide bonds. The minimum absolute atomic E-state index is 0.00318. The lowest BCUT2D eigenvalue weighted by atomic mass is 10.0. The number of amides is 2. The monoisotopic (exact) mass is 417 g/mol. The molecular weight excluding hydrogens is 378 g/mol. The molecule has 1 N–H and O–H groups in total. The summed E-state index contributed by atoms with van der Waals surface area (Å²) in [6.07, 6.45) is 6.18. The highest BCUT2D eigenvalue weighted by molar-refractivity contribution is 5.92. The van der Waals surface area contributed by atoms with Crippen LogP contribution in [0, 0.1) is 11.8 Å². The van der Waals surface area contributed by atoms with Gasteiger partial charge in [-0.25, -0.2) is 0 Å². The van der Waals surface area contributed by atoms with Crippen molar-refractivity contribution in [2.45, 2.75) is 91.5 Å². The summed E-state index contributed by atoms with van der Waals surface area (Å²) in [5.74, 6) is 1.82. The molecule has 3 rings (SSSR count). The molecule has 3 atom stereocenters. The summed E-state index contributed by atoms with van der Waals surface area (Å²) in [5, 5.41) is 3.09. The third kappa shape index (κ3) is 5.19. The standard InChI is InChI=1S/C24H39N3O3/c1-15(2)10-18-19(12-22(28)25-18)26-9-8-17(14-26)27-20(11-16(3)4)21(13-23(27)29)30-24(5,6)7/h12-13,15-18,20H,8-11,14H2,1-7H3,(H,25,28). The minimum Gasteiger partial charge on any atom is -0.490 e. The molecule has 30 heavy (non-hydrogen) atoms. The molecule has 6 heteroatoms. The number of carbonyl (C=O) groups excluding carboxylic acids is 2. The number of likely N-dealkylation sites (tertiary alicyclic amines) is 1. The van der Waals surface area contributed by atoms with Crippen LogP contribution in [0.1, 0.15) is 67.7 Å². The van der Waals surface area contributed by atoms with E-state index in [0.717, 1.165) is 43.8 Å². The number of hydrogen-bond donors (Lipinski definition) is 1. The van der Waals surface area contributed by atoms with Gasteiger partial charge in [-0.05, 0) is 51.9 Å². The lowest BCUT2D eigenvalue weighted by Crippen LogP contribution is -2.46. The van der Waals surface area contributed by atoms with Gasteiger partial charge in [0.05, 0.1) is 18.1 Å². The second-order valence-electron chi connectivity index (χ2n) is 10.8. The van der Waals surface area contributed by atoms with Gasteiger partial charge >= 0.3 is 0 Å². The number of rotatable bonds is 7. The Labute approximate surface area is 181 Å². The van der Waals surface area contributed by atoms with Gasteiger partial charge < -0.3 is 19.9 Å². The van der Waals surface area contributed by atoms with Gasteiger partial charge in [0.25, 0.3) is 5.91 Å². The fourth-order valence-corrected chi connectivity index (χ4v) is 4.83. The van der Waals surface area contributed by atoms with Gasteiger partial charge in [0.1, 0.15) is 11.4 Å². The highest BCUT2D eigenvalue weighted by Crippen LogP contribution is 2.35. The average Bonchev–Trinajstić information content (AvgIpc) is 3.24. The molecule has 0 aromatic rings. The molecule has 0 aromatic carbocycles. The maximum Gasteiger partial charge on any atom is 0.250 e. The van der Waals surface area contributed by atoms with E-state index in [0.29, 0.717) is 11.8 Å². The predicted octanol–water partition coefficient (Wildman–Crippen LogP) is 3.45. The van der Waals surface area contributed by atoms with Crippen molar-refractivity contribution >= 4 is 11.8 Å². The third-order valence-electron chi connectivity index (χ3n) is 5.88. The maximum atomic E-state index is 13.0. The van der Waals surface area contributed by atoms with E-state index in [-0.39, 0.29) is 35.5 Å². The van der Waals surface area contributed by atoms with E-state index in [1.165, 1.54) is 0 Å². The van der Waals surface area contributed by atoms with Crippen molar-refractivity contribution in [2.24, 2.45) is 11.8 Å². The first-order chi connectivity index (χ1) is 13.9. The van der Waals surface area contributed by atoms with Crippen LogP contribution in [0.15, 0.2) is 23.6 Å². The molecule has 0 radical (unpaired) electrons. The highest BCUT2D eigenvalue weighted by Gasteiger charge is 2.43. The van der Waals surface area contributed by atoms with Crippen molar-refractivity contribution in [3.63, 3.8) is 0 Å². The van der Waals surface area contributed by atoms with Crippen molar-refractivity contribution in [1.82, 2.24) is 15.1 Å². The normalized spacial score (nSPS) is 27.3. The van der Waals surface area contributed by atoms with E-state index in [1.54, 1.807) is 12.2 Å². The lowest BCUT2D eigenvalue weighted by molar-refractivity contribution is -0.129. The van der Waals surface area contributed by atoms with Crippen LogP contribution in [0.4, 0.5) is 0 Å². The molecule has 0 spiro atoms. The molecule has 3 unspecified atom stereocenters. The Bertz CT molecular complexity index is 732. The zero-order chi connectivity index (χ0) is 22.2. The van der Waals surface area contributed by atoms with Crippen molar-refractivity contribution in [2.75, 3.05) is 13.1 Å². The lowest BCUT2D eigenvalue weighted by Gasteiger charge is -2.35. The maximum absolute atomic E-state index is 13.0. The van der Waals surface area contributed by atoms with Crippen molar-refractivity contribution in [3.8, 4) is 0 Å². The first-order valence-electron chi connectivity index (χ1n) is 11.4. The Hall–Kier alpha value is -1.98. The van der Waals surface area contributed by atoms with Crippen LogP contribution in [0.3, 0.4) is 0 Å². The van der Waals surface area contributed by atoms with Crippen LogP contribution in [-0.4, -0.2) is 58.4 Å². The number of carbonyl (C=O) groups is 2. The second-order valence-corrected chi connectivity index (χ2v) is 10.8. The quantitative estimate of drug-likeness (QED) is 0.689. The molecule has 6 nitrogen and oxygen atoms in total. The van der Waals surface area contributed by atoms with E-state index in [4.69, 9.17) is 4.74 Å². The number of nitrogens with zero attached hydrogens (tertiary/aromatic N) is 2. The van der Waals surface area contributed by atoms with E-state index in [9.17, 15) is 9.59 Å². The molecular formula is C24H39N3O3. The largest absolute Gasteiger partial charge is 0.490 e. The number of hydrogen-bond acceptors (Lipinski definition) is 4. The number of nitrogens with one attached hydrogen (secondary N) is 1. The third-order valence-corrected chi connectivity index (χ3v) is 5.88. The van der Waals surface area contributed by atoms with Crippen LogP contribution >= 0.6 is 0 Å². The Balaban J connectivity index is 1.75. The fraction of sp³-hybridized carbons (Fsp3) is 0.750. The van der Waals surface area contributed by atoms with Crippen LogP contribution in [0.5, 0.6) is 0 Å². The van der Waals surface area contributed by atoms with Crippen molar-refractivity contribution in [1.29, 1.82) is 0 Å². The van der Waals surface area contributed by atoms with Gasteiger partial charge in [-0.1, -0.05) is 27.7 Å². The molecule has 0 saturated carbocycles. The first kappa shape index (κ1) is 22.7. The summed E-state index contributed by atoms with van der Waals surface area (Å²) in [5.41, 5.74) is 0.756. The summed E-state index contributed by atoms with van der Waals surface area (Å²) < 4.78 is 6.19. The molecule has 0 bridgehead atoms. The van der Waals surface area contributed by atoms with Gasteiger partial charge in [0.2, 0.25) is 5.91 Å². The van der Waals surface area contributed by atoms with Gasteiger partial charge in [-0.2, -0.15) is 0 Å². The molecule has 0 aromatic heterocycles. The molecule has 168 valence electrons. The molecule has 3 heterocycles. The molecule has 0 aliphatic carbocycles. The smallest absolute Gasteiger partial charge is 0.250 e. The first-order valence-corrected chi connectivity index (χ1v) is 11.4. The number of ether oxygens (including phenoxy) is 1. The molecule has 1 fully saturated rings. The summed E-state index contributed by atoms with van der Waals surface area (Å²) in [4.78, 5) is 29.4. The van der Waals surface area contributed by atoms with Gasteiger partial charge in [0, 0.05) is 30.9 Å². The van der Waals surface area contributed by atoms with Gasteiger partial charge in [-0.15, -0.1) is 0 Å². The summed E-state index contributed by atoms with van der Waals surface area (Å²) in [7, 11) is 0. The highest BCUT2D eigenvalue weighted by atomic mass is 16.5. The second kappa shape index (κ2) is 8.64. The predicted molar refractivity (Wildman–Crippen MR) is 118 cm³/mol. The minimum atomic E-state index is -0.330. The van der Waals surface area contributed by atoms with Crippen LogP contribution in [-0.2, 0) is 14.3 Å². The Morgan fingerprint density at radius 1 is 1.10 bits per heavy atom. The van der Waals surface area contributed by atoms with E-state index >= 15 is 0 Å². The van der Waals surface area contributed by atoms with E-state index < -0.39 is 0 Å². The van der Waals surface area contributed by atoms with Crippen LogP contribution < -0.4 is 5.32 Å². The average molecular weight is 418 g/mol. The molecule has 3 aliphatic rings. The summed E-state index contributed by atoms with van der Waals surface area (Å²) in [6, 6.07) is 0.204. The molecule has 1 saturated heterocycles. The SMILES string of the molecule is CC(C)CC1NC(=O)C=C1N1CCC(N2C(=O)C=C(OC(C)(C)C)C2CC(C)C)C1. The Morgan fingerprint density at radius 2 is 1.77 bits per heavy atom. The fourth-order valence-electron chi connectivity index (χ4n) is 4.83. The zero-order valence-electron chi connectivity index (χ0n) is 19.7. The zero-order valence-corrected chi connectivity index (χ0v) is 19.7. The van der Waals surface area contributed by atoms with Gasteiger partial charge in [-0.3, -0.25) is 9.59 Å². The Kier molecular flexibility index (Phi) is 6.54. The van der Waals surface area contributed by atoms with E-state index in [1.807, 2.05) is 25.7 Å². The molecule has 3 aliphatic heterocycles. The van der Waals surface area contributed by atoms with E-state index in [2.05, 4.69) is 37.9 Å². The summed E-state index contributed by atoms with van der Waals surface area (Å²) >= 11 is 0. The Morgan fingerprint density at radius 3 is 2.37 bits per heavy atom. The van der Waals surface area contributed by atoms with Crippen LogP contribution in [0.25, 0.3) is 0 Å². The summed E-state index contributed by atoms with van der Waals surface area (Å²) in [6.45, 7) is 16.4. The van der Waals surface area contributed by atoms with Crippen molar-refractivity contribution in [3.05, 3.63) is 23.6 Å². The topological polar surface area (TPSA) is 61.9 Å². The van der Waals surface area contributed by atoms with Gasteiger partial charge in [0.15, 0.2) is 0 Å².